The average molecular weight is 494 g/mol. The highest BCUT2D eigenvalue weighted by Crippen LogP contribution is 2.38. The number of methoxy groups -OCH3 is 1. The van der Waals surface area contributed by atoms with E-state index in [1.807, 2.05) is 0 Å². The lowest BCUT2D eigenvalue weighted by molar-refractivity contribution is -0.376. The second-order valence-electron chi connectivity index (χ2n) is 7.84. The van der Waals surface area contributed by atoms with Gasteiger partial charge in [0.25, 0.3) is 0 Å². The van der Waals surface area contributed by atoms with Gasteiger partial charge in [-0.1, -0.05) is 0 Å². The number of fused-ring (bicyclic) bond motifs is 1. The quantitative estimate of drug-likeness (QED) is 0.227. The molecule has 4 rings (SSSR count). The summed E-state index contributed by atoms with van der Waals surface area (Å²) >= 11 is 0. The molecule has 0 aliphatic carbocycles. The van der Waals surface area contributed by atoms with Gasteiger partial charge >= 0.3 is 11.9 Å². The Morgan fingerprint density at radius 1 is 0.886 bits per heavy atom. The molecule has 0 saturated carbocycles. The number of phenols is 4. The topological polar surface area (TPSA) is 202 Å². The van der Waals surface area contributed by atoms with Crippen LogP contribution >= 0.6 is 0 Å². The molecule has 6 atom stereocenters. The first-order valence-corrected chi connectivity index (χ1v) is 10.3. The summed E-state index contributed by atoms with van der Waals surface area (Å²) in [7, 11) is 1.15. The zero-order valence-corrected chi connectivity index (χ0v) is 18.1. The SMILES string of the molecule is COC(=O)c1cc(OC2OC3C(O)C(O)C(COC(=O)c4cc(O)c(O)c(O)c4)OC23)ccc1O. The van der Waals surface area contributed by atoms with Gasteiger partial charge < -0.3 is 54.3 Å². The molecule has 0 spiro atoms. The van der Waals surface area contributed by atoms with E-state index in [4.69, 9.17) is 18.9 Å². The second-order valence-corrected chi connectivity index (χ2v) is 7.84. The molecular formula is C22H22O13. The molecule has 0 aromatic heterocycles. The number of hydrogen-bond donors (Lipinski definition) is 6. The minimum atomic E-state index is -1.48. The Labute approximate surface area is 197 Å². The van der Waals surface area contributed by atoms with Gasteiger partial charge in [0, 0.05) is 0 Å². The Morgan fingerprint density at radius 3 is 2.23 bits per heavy atom. The van der Waals surface area contributed by atoms with E-state index >= 15 is 0 Å². The summed E-state index contributed by atoms with van der Waals surface area (Å²) in [5.74, 6) is -4.25. The molecule has 6 N–H and O–H groups in total. The number of carbonyl (C=O) groups is 2. The van der Waals surface area contributed by atoms with Crippen LogP contribution in [0.4, 0.5) is 0 Å². The van der Waals surface area contributed by atoms with Crippen molar-refractivity contribution in [2.24, 2.45) is 0 Å². The van der Waals surface area contributed by atoms with Gasteiger partial charge in [-0.05, 0) is 30.3 Å². The van der Waals surface area contributed by atoms with Gasteiger partial charge in [0.05, 0.1) is 12.7 Å². The zero-order valence-electron chi connectivity index (χ0n) is 18.1. The monoisotopic (exact) mass is 494 g/mol. The molecule has 0 amide bonds. The number of aliphatic hydroxyl groups excluding tert-OH is 2. The van der Waals surface area contributed by atoms with Crippen LogP contribution in [0.5, 0.6) is 28.7 Å². The van der Waals surface area contributed by atoms with Gasteiger partial charge in [-0.25, -0.2) is 9.59 Å². The molecule has 2 saturated heterocycles. The fourth-order valence-corrected chi connectivity index (χ4v) is 3.68. The zero-order chi connectivity index (χ0) is 25.4. The fourth-order valence-electron chi connectivity index (χ4n) is 3.68. The van der Waals surface area contributed by atoms with Gasteiger partial charge in [0.2, 0.25) is 6.29 Å². The molecule has 35 heavy (non-hydrogen) atoms. The Hall–Kier alpha value is -3.78. The van der Waals surface area contributed by atoms with Crippen molar-refractivity contribution >= 4 is 11.9 Å². The van der Waals surface area contributed by atoms with Gasteiger partial charge in [0.15, 0.2) is 17.2 Å². The van der Waals surface area contributed by atoms with E-state index in [0.717, 1.165) is 19.2 Å². The summed E-state index contributed by atoms with van der Waals surface area (Å²) in [6, 6.07) is 5.58. The van der Waals surface area contributed by atoms with E-state index in [1.54, 1.807) is 0 Å². The molecule has 2 aromatic rings. The molecule has 2 aliphatic rings. The molecule has 0 radical (unpaired) electrons. The number of phenolic OH excluding ortho intramolecular Hbond substituents is 4. The van der Waals surface area contributed by atoms with Crippen LogP contribution in [0.1, 0.15) is 20.7 Å². The smallest absolute Gasteiger partial charge is 0.341 e. The predicted molar refractivity (Wildman–Crippen MR) is 111 cm³/mol. The summed E-state index contributed by atoms with van der Waals surface area (Å²) in [6.07, 6.45) is -6.94. The average Bonchev–Trinajstić information content (AvgIpc) is 2.83. The van der Waals surface area contributed by atoms with Crippen LogP contribution in [-0.2, 0) is 18.9 Å². The summed E-state index contributed by atoms with van der Waals surface area (Å²) in [6.45, 7) is -0.513. The van der Waals surface area contributed by atoms with Gasteiger partial charge in [-0.2, -0.15) is 0 Å². The highest BCUT2D eigenvalue weighted by Gasteiger charge is 2.57. The van der Waals surface area contributed by atoms with E-state index in [-0.39, 0.29) is 22.6 Å². The van der Waals surface area contributed by atoms with Crippen LogP contribution in [0, 0.1) is 0 Å². The summed E-state index contributed by atoms with van der Waals surface area (Å²) in [4.78, 5) is 24.0. The lowest BCUT2D eigenvalue weighted by Gasteiger charge is -2.51. The van der Waals surface area contributed by atoms with Crippen LogP contribution < -0.4 is 4.74 Å². The largest absolute Gasteiger partial charge is 0.507 e. The van der Waals surface area contributed by atoms with Crippen molar-refractivity contribution in [3.63, 3.8) is 0 Å². The first-order chi connectivity index (χ1) is 16.6. The van der Waals surface area contributed by atoms with Crippen LogP contribution in [0.25, 0.3) is 0 Å². The minimum absolute atomic E-state index is 0.130. The van der Waals surface area contributed by atoms with E-state index in [2.05, 4.69) is 4.74 Å². The number of esters is 2. The summed E-state index contributed by atoms with van der Waals surface area (Å²) in [5.41, 5.74) is -0.416. The van der Waals surface area contributed by atoms with Crippen LogP contribution in [0.2, 0.25) is 0 Å². The molecule has 2 aromatic carbocycles. The number of rotatable bonds is 6. The normalized spacial score (nSPS) is 27.3. The molecule has 13 nitrogen and oxygen atoms in total. The third-order valence-corrected chi connectivity index (χ3v) is 5.59. The van der Waals surface area contributed by atoms with E-state index < -0.39 is 72.6 Å². The highest BCUT2D eigenvalue weighted by molar-refractivity contribution is 5.92. The van der Waals surface area contributed by atoms with Gasteiger partial charge in [-0.15, -0.1) is 0 Å². The summed E-state index contributed by atoms with van der Waals surface area (Å²) in [5, 5.41) is 58.9. The lowest BCUT2D eigenvalue weighted by atomic mass is 9.91. The summed E-state index contributed by atoms with van der Waals surface area (Å²) < 4.78 is 26.4. The molecule has 0 bridgehead atoms. The van der Waals surface area contributed by atoms with Crippen molar-refractivity contribution in [2.45, 2.75) is 36.8 Å². The molecule has 13 heteroatoms. The van der Waals surface area contributed by atoms with Crippen LogP contribution in [0.15, 0.2) is 30.3 Å². The number of aliphatic hydroxyl groups is 2. The Balaban J connectivity index is 1.40. The second kappa shape index (κ2) is 9.46. The maximum atomic E-state index is 12.3. The number of carbonyl (C=O) groups excluding carboxylic acids is 2. The molecular weight excluding hydrogens is 472 g/mol. The number of benzene rings is 2. The standard InChI is InChI=1S/C22H22O13/c1-31-21(30)10-6-9(2-3-11(10)23)33-22-19-18(35-22)17(28)16(27)14(34-19)7-32-20(29)8-4-12(24)15(26)13(25)5-8/h2-6,14,16-19,22-28H,7H2,1H3. The minimum Gasteiger partial charge on any atom is -0.507 e. The molecule has 6 unspecified atom stereocenters. The van der Waals surface area contributed by atoms with Gasteiger partial charge in [0.1, 0.15) is 54.2 Å². The first kappa shape index (κ1) is 24.3. The number of aromatic hydroxyl groups is 4. The maximum Gasteiger partial charge on any atom is 0.341 e. The Bertz CT molecular complexity index is 1110. The molecule has 188 valence electrons. The van der Waals surface area contributed by atoms with E-state index in [0.29, 0.717) is 0 Å². The third kappa shape index (κ3) is 4.61. The first-order valence-electron chi connectivity index (χ1n) is 10.3. The Morgan fingerprint density at radius 2 is 1.57 bits per heavy atom. The van der Waals surface area contributed by atoms with E-state index in [1.165, 1.54) is 18.2 Å². The number of hydrogen-bond acceptors (Lipinski definition) is 13. The Kier molecular flexibility index (Phi) is 6.58. The molecule has 2 fully saturated rings. The number of ether oxygens (including phenoxy) is 5. The van der Waals surface area contributed by atoms with Gasteiger partial charge in [-0.3, -0.25) is 0 Å². The van der Waals surface area contributed by atoms with Crippen molar-refractivity contribution in [3.05, 3.63) is 41.5 Å². The van der Waals surface area contributed by atoms with Crippen molar-refractivity contribution in [1.29, 1.82) is 0 Å². The third-order valence-electron chi connectivity index (χ3n) is 5.59. The van der Waals surface area contributed by atoms with Crippen molar-refractivity contribution in [2.75, 3.05) is 13.7 Å². The van der Waals surface area contributed by atoms with E-state index in [9.17, 15) is 40.2 Å². The fraction of sp³-hybridized carbons (Fsp3) is 0.364. The van der Waals surface area contributed by atoms with Crippen LogP contribution in [0.3, 0.4) is 0 Å². The van der Waals surface area contributed by atoms with Crippen molar-refractivity contribution < 1.29 is 63.9 Å². The maximum absolute atomic E-state index is 12.3. The van der Waals surface area contributed by atoms with Crippen molar-refractivity contribution in [1.82, 2.24) is 0 Å². The molecule has 2 heterocycles. The predicted octanol–water partition coefficient (Wildman–Crippen LogP) is -0.254. The van der Waals surface area contributed by atoms with Crippen LogP contribution in [-0.4, -0.2) is 93.1 Å². The van der Waals surface area contributed by atoms with Crippen molar-refractivity contribution in [3.8, 4) is 28.7 Å². The molecule has 2 aliphatic heterocycles. The lowest BCUT2D eigenvalue weighted by Crippen LogP contribution is -2.71. The highest BCUT2D eigenvalue weighted by atomic mass is 16.8.